The van der Waals surface area contributed by atoms with Gasteiger partial charge >= 0.3 is 0 Å². The van der Waals surface area contributed by atoms with E-state index in [4.69, 9.17) is 22.1 Å². The zero-order valence-corrected chi connectivity index (χ0v) is 14.1. The molecule has 0 atom stereocenters. The number of nitrogens with two attached hydrogens (primary N) is 1. The molecule has 112 valence electrons. The van der Waals surface area contributed by atoms with Crippen molar-refractivity contribution in [2.75, 3.05) is 17.6 Å². The lowest BCUT2D eigenvalue weighted by Gasteiger charge is -2.11. The molecule has 0 spiro atoms. The van der Waals surface area contributed by atoms with Gasteiger partial charge in [-0.15, -0.1) is 0 Å². The molecule has 5 nitrogen and oxygen atoms in total. The molecule has 3 N–H and O–H groups in total. The van der Waals surface area contributed by atoms with Gasteiger partial charge in [-0.2, -0.15) is 0 Å². The fourth-order valence-corrected chi connectivity index (χ4v) is 3.97. The Morgan fingerprint density at radius 3 is 2.57 bits per heavy atom. The van der Waals surface area contributed by atoms with E-state index in [9.17, 15) is 8.42 Å². The number of rotatable bonds is 4. The third-order valence-electron chi connectivity index (χ3n) is 2.65. The monoisotopic (exact) mass is 390 g/mol. The highest BCUT2D eigenvalue weighted by molar-refractivity contribution is 9.10. The first-order valence-electron chi connectivity index (χ1n) is 5.75. The van der Waals surface area contributed by atoms with Crippen molar-refractivity contribution < 1.29 is 13.2 Å². The van der Waals surface area contributed by atoms with Crippen LogP contribution in [0.1, 0.15) is 0 Å². The Hall–Kier alpha value is -1.44. The van der Waals surface area contributed by atoms with E-state index < -0.39 is 10.0 Å². The van der Waals surface area contributed by atoms with Crippen molar-refractivity contribution in [2.24, 2.45) is 0 Å². The standard InChI is InChI=1S/C13H12BrClN2O3S/c1-20-12-5-3-9(7-11(12)15)17-21(18,19)13-6-8(16)2-4-10(13)14/h2-7,17H,16H2,1H3. The number of hydrogen-bond acceptors (Lipinski definition) is 4. The summed E-state index contributed by atoms with van der Waals surface area (Å²) >= 11 is 9.17. The third-order valence-corrected chi connectivity index (χ3v) is 5.32. The van der Waals surface area contributed by atoms with Gasteiger partial charge in [-0.05, 0) is 52.3 Å². The van der Waals surface area contributed by atoms with E-state index in [2.05, 4.69) is 20.7 Å². The van der Waals surface area contributed by atoms with Gasteiger partial charge in [0.1, 0.15) is 10.6 Å². The molecule has 0 radical (unpaired) electrons. The van der Waals surface area contributed by atoms with E-state index in [1.165, 1.54) is 19.2 Å². The quantitative estimate of drug-likeness (QED) is 0.782. The molecule has 0 aliphatic rings. The number of methoxy groups -OCH3 is 1. The van der Waals surface area contributed by atoms with Crippen LogP contribution in [0.4, 0.5) is 11.4 Å². The van der Waals surface area contributed by atoms with Crippen molar-refractivity contribution in [1.82, 2.24) is 0 Å². The molecule has 2 aromatic rings. The lowest BCUT2D eigenvalue weighted by atomic mass is 10.3. The molecule has 0 saturated heterocycles. The summed E-state index contributed by atoms with van der Waals surface area (Å²) in [6, 6.07) is 9.16. The number of halogens is 2. The summed E-state index contributed by atoms with van der Waals surface area (Å²) < 4.78 is 32.6. The van der Waals surface area contributed by atoms with Gasteiger partial charge in [0.25, 0.3) is 10.0 Å². The van der Waals surface area contributed by atoms with Crippen LogP contribution in [0, 0.1) is 0 Å². The first kappa shape index (κ1) is 15.9. The minimum absolute atomic E-state index is 0.0504. The third kappa shape index (κ3) is 3.61. The Morgan fingerprint density at radius 1 is 1.24 bits per heavy atom. The number of nitrogen functional groups attached to an aromatic ring is 1. The van der Waals surface area contributed by atoms with Crippen molar-refractivity contribution in [3.05, 3.63) is 45.9 Å². The normalized spacial score (nSPS) is 11.2. The predicted molar refractivity (Wildman–Crippen MR) is 87.4 cm³/mol. The maximum Gasteiger partial charge on any atom is 0.263 e. The maximum atomic E-state index is 12.4. The van der Waals surface area contributed by atoms with Gasteiger partial charge in [0.2, 0.25) is 0 Å². The first-order chi connectivity index (χ1) is 9.83. The highest BCUT2D eigenvalue weighted by Gasteiger charge is 2.18. The van der Waals surface area contributed by atoms with Crippen molar-refractivity contribution in [3.8, 4) is 5.75 Å². The van der Waals surface area contributed by atoms with Crippen LogP contribution in [0.5, 0.6) is 5.75 Å². The smallest absolute Gasteiger partial charge is 0.263 e. The summed E-state index contributed by atoms with van der Waals surface area (Å²) in [5, 5.41) is 0.310. The second kappa shape index (κ2) is 6.13. The Labute approximate surface area is 136 Å². The zero-order chi connectivity index (χ0) is 15.6. The average Bonchev–Trinajstić information content (AvgIpc) is 2.41. The molecular formula is C13H12BrClN2O3S. The molecule has 8 heteroatoms. The largest absolute Gasteiger partial charge is 0.495 e. The minimum atomic E-state index is -3.78. The second-order valence-electron chi connectivity index (χ2n) is 4.14. The topological polar surface area (TPSA) is 81.4 Å². The van der Waals surface area contributed by atoms with E-state index >= 15 is 0 Å². The average molecular weight is 392 g/mol. The molecule has 21 heavy (non-hydrogen) atoms. The SMILES string of the molecule is COc1ccc(NS(=O)(=O)c2cc(N)ccc2Br)cc1Cl. The summed E-state index contributed by atoms with van der Waals surface area (Å²) in [4.78, 5) is 0.0504. The van der Waals surface area contributed by atoms with Crippen molar-refractivity contribution in [3.63, 3.8) is 0 Å². The van der Waals surface area contributed by atoms with Crippen LogP contribution in [0.25, 0.3) is 0 Å². The van der Waals surface area contributed by atoms with Crippen LogP contribution >= 0.6 is 27.5 Å². The second-order valence-corrected chi connectivity index (χ2v) is 7.06. The van der Waals surface area contributed by atoms with Gasteiger partial charge in [0.05, 0.1) is 17.8 Å². The van der Waals surface area contributed by atoms with Gasteiger partial charge in [-0.1, -0.05) is 11.6 Å². The van der Waals surface area contributed by atoms with E-state index in [0.717, 1.165) is 0 Å². The van der Waals surface area contributed by atoms with Gasteiger partial charge in [-0.3, -0.25) is 4.72 Å². The lowest BCUT2D eigenvalue weighted by molar-refractivity contribution is 0.415. The lowest BCUT2D eigenvalue weighted by Crippen LogP contribution is -2.14. The summed E-state index contributed by atoms with van der Waals surface area (Å²) in [6.07, 6.45) is 0. The van der Waals surface area contributed by atoms with Crippen LogP contribution in [-0.4, -0.2) is 15.5 Å². The Morgan fingerprint density at radius 2 is 1.95 bits per heavy atom. The molecule has 0 bridgehead atoms. The highest BCUT2D eigenvalue weighted by Crippen LogP contribution is 2.30. The fraction of sp³-hybridized carbons (Fsp3) is 0.0769. The molecular weight excluding hydrogens is 380 g/mol. The summed E-state index contributed by atoms with van der Waals surface area (Å²) in [6.45, 7) is 0. The minimum Gasteiger partial charge on any atom is -0.495 e. The van der Waals surface area contributed by atoms with Crippen molar-refractivity contribution >= 4 is 48.9 Å². The maximum absolute atomic E-state index is 12.4. The summed E-state index contributed by atoms with van der Waals surface area (Å²) in [5.74, 6) is 0.463. The molecule has 0 aliphatic heterocycles. The molecule has 2 rings (SSSR count). The fourth-order valence-electron chi connectivity index (χ4n) is 1.67. The number of hydrogen-bond donors (Lipinski definition) is 2. The van der Waals surface area contributed by atoms with E-state index in [-0.39, 0.29) is 4.90 Å². The predicted octanol–water partition coefficient (Wildman–Crippen LogP) is 3.49. The van der Waals surface area contributed by atoms with Crippen LogP contribution in [0.2, 0.25) is 5.02 Å². The van der Waals surface area contributed by atoms with E-state index in [1.807, 2.05) is 0 Å². The zero-order valence-electron chi connectivity index (χ0n) is 10.9. The van der Waals surface area contributed by atoms with Crippen LogP contribution in [-0.2, 0) is 10.0 Å². The molecule has 0 unspecified atom stereocenters. The molecule has 2 aromatic carbocycles. The van der Waals surface area contributed by atoms with Gasteiger partial charge in [0.15, 0.2) is 0 Å². The number of anilines is 2. The molecule has 0 fully saturated rings. The van der Waals surface area contributed by atoms with E-state index in [0.29, 0.717) is 26.6 Å². The first-order valence-corrected chi connectivity index (χ1v) is 8.40. The Balaban J connectivity index is 2.37. The Kier molecular flexibility index (Phi) is 4.65. The molecule has 0 heterocycles. The number of benzene rings is 2. The molecule has 0 saturated carbocycles. The Bertz CT molecular complexity index is 781. The number of sulfonamides is 1. The van der Waals surface area contributed by atoms with Crippen molar-refractivity contribution in [1.29, 1.82) is 0 Å². The van der Waals surface area contributed by atoms with Crippen LogP contribution in [0.15, 0.2) is 45.8 Å². The summed E-state index contributed by atoms with van der Waals surface area (Å²) in [5.41, 5.74) is 6.31. The van der Waals surface area contributed by atoms with Crippen molar-refractivity contribution in [2.45, 2.75) is 4.90 Å². The number of ether oxygens (including phenoxy) is 1. The van der Waals surface area contributed by atoms with Crippen LogP contribution in [0.3, 0.4) is 0 Å². The molecule has 0 amide bonds. The van der Waals surface area contributed by atoms with E-state index in [1.54, 1.807) is 24.3 Å². The molecule has 0 aliphatic carbocycles. The molecule has 0 aromatic heterocycles. The van der Waals surface area contributed by atoms with Gasteiger partial charge in [0, 0.05) is 10.2 Å². The summed E-state index contributed by atoms with van der Waals surface area (Å²) in [7, 11) is -2.30. The van der Waals surface area contributed by atoms with Gasteiger partial charge < -0.3 is 10.5 Å². The van der Waals surface area contributed by atoms with Crippen LogP contribution < -0.4 is 15.2 Å². The van der Waals surface area contributed by atoms with Gasteiger partial charge in [-0.25, -0.2) is 8.42 Å². The number of nitrogens with one attached hydrogen (secondary N) is 1. The highest BCUT2D eigenvalue weighted by atomic mass is 79.9.